The van der Waals surface area contributed by atoms with Crippen molar-refractivity contribution in [3.8, 4) is 17.0 Å². The molecule has 5 aliphatic rings. The van der Waals surface area contributed by atoms with Crippen LogP contribution < -0.4 is 10.1 Å². The Balaban J connectivity index is 1.26. The van der Waals surface area contributed by atoms with Crippen LogP contribution in [0.3, 0.4) is 0 Å². The molecule has 2 fully saturated rings. The summed E-state index contributed by atoms with van der Waals surface area (Å²) < 4.78 is 34.2. The van der Waals surface area contributed by atoms with Gasteiger partial charge in [-0.25, -0.2) is 18.5 Å². The number of nitrogens with one attached hydrogen (secondary N) is 2. The lowest BCUT2D eigenvalue weighted by molar-refractivity contribution is 0.0771. The number of hydrogen-bond donors (Lipinski definition) is 2. The fourth-order valence-corrected chi connectivity index (χ4v) is 7.82. The summed E-state index contributed by atoms with van der Waals surface area (Å²) in [4.78, 5) is 11.3. The predicted molar refractivity (Wildman–Crippen MR) is 138 cm³/mol. The molecule has 0 amide bonds. The second kappa shape index (κ2) is 8.78. The van der Waals surface area contributed by atoms with Gasteiger partial charge in [-0.1, -0.05) is 12.1 Å². The molecule has 0 saturated carbocycles. The van der Waals surface area contributed by atoms with Crippen LogP contribution in [0.15, 0.2) is 35.6 Å². The smallest absolute Gasteiger partial charge is 0.278 e. The standard InChI is InChI=1S/C26H31N7O3S/c34-37(35)25-29-24(30-31-25)28-23-20-5-3-4-18(20)6-7-21(23)19-8-10-27-22(14-19)36-13-2-1-11-32-12-9-26(15-32)16-33(37)17-26/h6-8,10,14H,1-5,9,11-13,15-17H2,(H2,28,29,30,31). The summed E-state index contributed by atoms with van der Waals surface area (Å²) in [7, 11) is -3.72. The Labute approximate surface area is 216 Å². The lowest BCUT2D eigenvalue weighted by Crippen LogP contribution is -2.59. The number of fused-ring (bicyclic) bond motifs is 5. The van der Waals surface area contributed by atoms with Crippen molar-refractivity contribution in [3.63, 3.8) is 0 Å². The lowest BCUT2D eigenvalue weighted by atomic mass is 9.81. The second-order valence-electron chi connectivity index (χ2n) is 10.8. The van der Waals surface area contributed by atoms with E-state index in [0.717, 1.165) is 75.0 Å². The van der Waals surface area contributed by atoms with Gasteiger partial charge in [-0.05, 0) is 74.4 Å². The zero-order valence-corrected chi connectivity index (χ0v) is 21.6. The maximum absolute atomic E-state index is 13.3. The number of aromatic nitrogens is 4. The fourth-order valence-electron chi connectivity index (χ4n) is 6.32. The van der Waals surface area contributed by atoms with Gasteiger partial charge in [0.1, 0.15) is 0 Å². The highest BCUT2D eigenvalue weighted by atomic mass is 32.2. The average molecular weight is 522 g/mol. The highest BCUT2D eigenvalue weighted by Crippen LogP contribution is 2.42. The molecular formula is C26H31N7O3S. The van der Waals surface area contributed by atoms with E-state index in [4.69, 9.17) is 4.74 Å². The van der Waals surface area contributed by atoms with Crippen molar-refractivity contribution in [1.82, 2.24) is 29.4 Å². The summed E-state index contributed by atoms with van der Waals surface area (Å²) in [5.74, 6) is 0.863. The zero-order valence-electron chi connectivity index (χ0n) is 20.7. The third kappa shape index (κ3) is 4.09. The molecule has 1 spiro atoms. The molecule has 0 radical (unpaired) electrons. The monoisotopic (exact) mass is 521 g/mol. The predicted octanol–water partition coefficient (Wildman–Crippen LogP) is 2.97. The number of benzene rings is 1. The third-order valence-corrected chi connectivity index (χ3v) is 9.88. The van der Waals surface area contributed by atoms with Crippen molar-refractivity contribution >= 4 is 21.7 Å². The van der Waals surface area contributed by atoms with Crippen molar-refractivity contribution in [2.24, 2.45) is 5.41 Å². The molecule has 3 aromatic rings. The van der Waals surface area contributed by atoms with E-state index in [1.807, 2.05) is 12.1 Å². The van der Waals surface area contributed by atoms with E-state index in [2.05, 4.69) is 42.5 Å². The van der Waals surface area contributed by atoms with E-state index in [-0.39, 0.29) is 16.5 Å². The van der Waals surface area contributed by atoms with Gasteiger partial charge in [-0.3, -0.25) is 0 Å². The van der Waals surface area contributed by atoms with Crippen LogP contribution in [0.25, 0.3) is 11.1 Å². The van der Waals surface area contributed by atoms with Gasteiger partial charge >= 0.3 is 0 Å². The lowest BCUT2D eigenvalue weighted by Gasteiger charge is -2.46. The minimum atomic E-state index is -3.72. The molecular weight excluding hydrogens is 490 g/mol. The van der Waals surface area contributed by atoms with Gasteiger partial charge in [0.15, 0.2) is 0 Å². The van der Waals surface area contributed by atoms with Crippen LogP contribution in [0.4, 0.5) is 11.6 Å². The Morgan fingerprint density at radius 2 is 1.95 bits per heavy atom. The number of aryl methyl sites for hydroxylation is 1. The van der Waals surface area contributed by atoms with E-state index in [0.29, 0.717) is 25.6 Å². The SMILES string of the molecule is O=S1(=O)c2nc(n[nH]2)Nc2c(ccc3c2CCC3)-c2ccnc(c2)OCCCCN2CCC3(C2)CN1C3. The molecule has 7 bridgehead atoms. The topological polar surface area (TPSA) is 116 Å². The number of ether oxygens (including phenoxy) is 1. The zero-order chi connectivity index (χ0) is 25.0. The second-order valence-corrected chi connectivity index (χ2v) is 12.7. The number of anilines is 2. The number of sulfonamides is 1. The molecule has 2 N–H and O–H groups in total. The molecule has 194 valence electrons. The Morgan fingerprint density at radius 1 is 1.03 bits per heavy atom. The van der Waals surface area contributed by atoms with Gasteiger partial charge in [-0.2, -0.15) is 9.29 Å². The molecule has 10 nitrogen and oxygen atoms in total. The first-order valence-corrected chi connectivity index (χ1v) is 14.6. The fraction of sp³-hybridized carbons (Fsp3) is 0.500. The summed E-state index contributed by atoms with van der Waals surface area (Å²) in [6, 6.07) is 8.22. The van der Waals surface area contributed by atoms with E-state index >= 15 is 0 Å². The van der Waals surface area contributed by atoms with Gasteiger partial charge < -0.3 is 15.0 Å². The molecule has 6 heterocycles. The van der Waals surface area contributed by atoms with Gasteiger partial charge in [-0.15, -0.1) is 5.10 Å². The minimum absolute atomic E-state index is 0.0510. The number of nitrogens with zero attached hydrogens (tertiary/aromatic N) is 5. The number of aromatic amines is 1. The Bertz CT molecular complexity index is 1450. The normalized spacial score (nSPS) is 28.2. The van der Waals surface area contributed by atoms with Crippen molar-refractivity contribution in [3.05, 3.63) is 41.6 Å². The van der Waals surface area contributed by atoms with Crippen LogP contribution in [0.1, 0.15) is 36.8 Å². The van der Waals surface area contributed by atoms with Gasteiger partial charge in [0.25, 0.3) is 15.2 Å². The Kier molecular flexibility index (Phi) is 5.49. The first-order chi connectivity index (χ1) is 18.0. The maximum Gasteiger partial charge on any atom is 0.278 e. The van der Waals surface area contributed by atoms with Crippen molar-refractivity contribution in [2.75, 3.05) is 44.6 Å². The molecule has 37 heavy (non-hydrogen) atoms. The van der Waals surface area contributed by atoms with Crippen molar-refractivity contribution in [1.29, 1.82) is 0 Å². The van der Waals surface area contributed by atoms with Gasteiger partial charge in [0, 0.05) is 42.9 Å². The van der Waals surface area contributed by atoms with Crippen LogP contribution in [-0.4, -0.2) is 77.1 Å². The van der Waals surface area contributed by atoms with E-state index in [1.54, 1.807) is 6.20 Å². The maximum atomic E-state index is 13.3. The summed E-state index contributed by atoms with van der Waals surface area (Å²) in [5.41, 5.74) is 5.46. The quantitative estimate of drug-likeness (QED) is 0.464. The summed E-state index contributed by atoms with van der Waals surface area (Å²) >= 11 is 0. The molecule has 1 atom stereocenters. The molecule has 8 rings (SSSR count). The van der Waals surface area contributed by atoms with Crippen LogP contribution in [0.5, 0.6) is 5.88 Å². The van der Waals surface area contributed by atoms with Crippen LogP contribution >= 0.6 is 0 Å². The number of rotatable bonds is 0. The van der Waals surface area contributed by atoms with Gasteiger partial charge in [0.05, 0.1) is 12.3 Å². The van der Waals surface area contributed by atoms with Crippen LogP contribution in [0.2, 0.25) is 0 Å². The minimum Gasteiger partial charge on any atom is -0.478 e. The van der Waals surface area contributed by atoms with Crippen molar-refractivity contribution < 1.29 is 13.2 Å². The molecule has 2 aromatic heterocycles. The molecule has 2 saturated heterocycles. The van der Waals surface area contributed by atoms with Crippen molar-refractivity contribution in [2.45, 2.75) is 43.7 Å². The largest absolute Gasteiger partial charge is 0.478 e. The molecule has 1 unspecified atom stereocenters. The molecule has 1 aromatic carbocycles. The molecule has 4 aliphatic heterocycles. The van der Waals surface area contributed by atoms with E-state index < -0.39 is 10.0 Å². The van der Waals surface area contributed by atoms with Crippen LogP contribution in [0, 0.1) is 5.41 Å². The number of hydrogen-bond acceptors (Lipinski definition) is 8. The summed E-state index contributed by atoms with van der Waals surface area (Å²) in [5, 5.41) is 10.2. The highest BCUT2D eigenvalue weighted by Gasteiger charge is 2.52. The number of H-pyrrole nitrogens is 1. The third-order valence-electron chi connectivity index (χ3n) is 8.27. The summed E-state index contributed by atoms with van der Waals surface area (Å²) in [6.07, 6.45) is 7.84. The first kappa shape index (κ1) is 23.1. The Morgan fingerprint density at radius 3 is 2.86 bits per heavy atom. The van der Waals surface area contributed by atoms with E-state index in [1.165, 1.54) is 15.4 Å². The average Bonchev–Trinajstić information content (AvgIpc) is 3.62. The molecule has 11 heteroatoms. The highest BCUT2D eigenvalue weighted by molar-refractivity contribution is 7.89. The molecule has 1 aliphatic carbocycles. The van der Waals surface area contributed by atoms with Crippen LogP contribution in [-0.2, 0) is 22.9 Å². The Hall–Kier alpha value is -3.02. The first-order valence-electron chi connectivity index (χ1n) is 13.2. The summed E-state index contributed by atoms with van der Waals surface area (Å²) in [6.45, 7) is 4.65. The van der Waals surface area contributed by atoms with E-state index in [9.17, 15) is 8.42 Å². The number of pyridine rings is 1. The van der Waals surface area contributed by atoms with Gasteiger partial charge in [0.2, 0.25) is 11.8 Å².